The first-order chi connectivity index (χ1) is 12.7. The molecule has 0 spiro atoms. The van der Waals surface area contributed by atoms with Crippen LogP contribution in [0.5, 0.6) is 0 Å². The fourth-order valence-electron chi connectivity index (χ4n) is 4.48. The summed E-state index contributed by atoms with van der Waals surface area (Å²) in [7, 11) is 0. The van der Waals surface area contributed by atoms with Crippen LogP contribution in [0.4, 0.5) is 4.79 Å². The number of benzene rings is 1. The molecule has 3 saturated heterocycles. The fraction of sp³-hybridized carbons (Fsp3) is 0.619. The topological polar surface area (TPSA) is 52.7 Å². The zero-order valence-corrected chi connectivity index (χ0v) is 15.4. The standard InChI is InChI=1S/C21H29N3O2/c25-20(18-7-4-8-18)23-13-17-9-10-19(15-23)24(14-17)21(26)22-12-11-16-5-2-1-3-6-16/h1-3,5-6,17-19H,4,7-15H2,(H,22,26). The molecule has 0 aromatic heterocycles. The zero-order chi connectivity index (χ0) is 17.9. The van der Waals surface area contributed by atoms with Crippen LogP contribution in [0.25, 0.3) is 0 Å². The van der Waals surface area contributed by atoms with Gasteiger partial charge in [0.25, 0.3) is 0 Å². The number of fused-ring (bicyclic) bond motifs is 4. The summed E-state index contributed by atoms with van der Waals surface area (Å²) in [5.41, 5.74) is 1.24. The van der Waals surface area contributed by atoms with Crippen LogP contribution in [-0.4, -0.2) is 54.0 Å². The Balaban J connectivity index is 1.32. The van der Waals surface area contributed by atoms with Gasteiger partial charge in [0.05, 0.1) is 6.04 Å². The molecule has 3 aliphatic heterocycles. The van der Waals surface area contributed by atoms with Gasteiger partial charge in [0.1, 0.15) is 0 Å². The van der Waals surface area contributed by atoms with Crippen molar-refractivity contribution in [2.45, 2.75) is 44.6 Å². The maximum atomic E-state index is 12.7. The Hall–Kier alpha value is -2.04. The highest BCUT2D eigenvalue weighted by atomic mass is 16.2. The molecular weight excluding hydrogens is 326 g/mol. The molecule has 26 heavy (non-hydrogen) atoms. The number of urea groups is 1. The fourth-order valence-corrected chi connectivity index (χ4v) is 4.48. The smallest absolute Gasteiger partial charge is 0.317 e. The first-order valence-electron chi connectivity index (χ1n) is 10.1. The Morgan fingerprint density at radius 3 is 2.54 bits per heavy atom. The molecule has 2 bridgehead atoms. The monoisotopic (exact) mass is 355 g/mol. The van der Waals surface area contributed by atoms with Crippen LogP contribution in [0.3, 0.4) is 0 Å². The van der Waals surface area contributed by atoms with Crippen molar-refractivity contribution in [3.63, 3.8) is 0 Å². The molecule has 5 heteroatoms. The first kappa shape index (κ1) is 17.4. The van der Waals surface area contributed by atoms with Crippen LogP contribution in [0.15, 0.2) is 30.3 Å². The Kier molecular flexibility index (Phi) is 5.14. The predicted octanol–water partition coefficient (Wildman–Crippen LogP) is 2.66. The molecule has 2 atom stereocenters. The highest BCUT2D eigenvalue weighted by molar-refractivity contribution is 5.80. The number of amides is 3. The summed E-state index contributed by atoms with van der Waals surface area (Å²) < 4.78 is 0. The van der Waals surface area contributed by atoms with Crippen LogP contribution in [0.2, 0.25) is 0 Å². The molecular formula is C21H29N3O2. The van der Waals surface area contributed by atoms with Gasteiger partial charge in [0.15, 0.2) is 0 Å². The molecule has 1 N–H and O–H groups in total. The van der Waals surface area contributed by atoms with E-state index in [-0.39, 0.29) is 18.0 Å². The molecule has 140 valence electrons. The molecule has 1 aromatic rings. The van der Waals surface area contributed by atoms with Gasteiger partial charge < -0.3 is 15.1 Å². The van der Waals surface area contributed by atoms with E-state index in [0.29, 0.717) is 18.4 Å². The Bertz CT molecular complexity index is 644. The van der Waals surface area contributed by atoms with E-state index < -0.39 is 0 Å². The molecule has 5 nitrogen and oxygen atoms in total. The van der Waals surface area contributed by atoms with Gasteiger partial charge in [-0.3, -0.25) is 4.79 Å². The minimum absolute atomic E-state index is 0.0357. The van der Waals surface area contributed by atoms with Crippen LogP contribution in [-0.2, 0) is 11.2 Å². The van der Waals surface area contributed by atoms with Crippen molar-refractivity contribution < 1.29 is 9.59 Å². The minimum atomic E-state index is 0.0357. The summed E-state index contributed by atoms with van der Waals surface area (Å²) >= 11 is 0. The van der Waals surface area contributed by atoms with E-state index in [1.165, 1.54) is 12.0 Å². The molecule has 1 aliphatic carbocycles. The number of nitrogens with one attached hydrogen (secondary N) is 1. The van der Waals surface area contributed by atoms with Crippen LogP contribution in [0.1, 0.15) is 37.7 Å². The summed E-state index contributed by atoms with van der Waals surface area (Å²) in [6, 6.07) is 10.4. The number of piperidine rings is 1. The van der Waals surface area contributed by atoms with Crippen LogP contribution >= 0.6 is 0 Å². The molecule has 1 saturated carbocycles. The van der Waals surface area contributed by atoms with Gasteiger partial charge in [0, 0.05) is 32.1 Å². The third-order valence-corrected chi connectivity index (χ3v) is 6.27. The van der Waals surface area contributed by atoms with E-state index in [1.807, 2.05) is 23.1 Å². The number of carbonyl (C=O) groups is 2. The van der Waals surface area contributed by atoms with Crippen LogP contribution < -0.4 is 5.32 Å². The maximum Gasteiger partial charge on any atom is 0.317 e. The Morgan fingerprint density at radius 2 is 1.81 bits per heavy atom. The predicted molar refractivity (Wildman–Crippen MR) is 101 cm³/mol. The SMILES string of the molecule is O=C(C1CCC1)N1CC2CCC(C1)N(C(=O)NCCc1ccccc1)C2. The molecule has 4 aliphatic rings. The van der Waals surface area contributed by atoms with Crippen molar-refractivity contribution in [1.82, 2.24) is 15.1 Å². The second kappa shape index (κ2) is 7.68. The molecule has 3 heterocycles. The van der Waals surface area contributed by atoms with Crippen molar-refractivity contribution in [2.24, 2.45) is 11.8 Å². The molecule has 0 radical (unpaired) electrons. The van der Waals surface area contributed by atoms with Crippen molar-refractivity contribution in [2.75, 3.05) is 26.2 Å². The second-order valence-electron chi connectivity index (χ2n) is 8.09. The highest BCUT2D eigenvalue weighted by Gasteiger charge is 2.40. The third kappa shape index (κ3) is 3.71. The average Bonchev–Trinajstić information content (AvgIpc) is 2.93. The second-order valence-corrected chi connectivity index (χ2v) is 8.09. The van der Waals surface area contributed by atoms with E-state index >= 15 is 0 Å². The molecule has 3 amide bonds. The maximum absolute atomic E-state index is 12.7. The highest BCUT2D eigenvalue weighted by Crippen LogP contribution is 2.33. The summed E-state index contributed by atoms with van der Waals surface area (Å²) in [5, 5.41) is 3.09. The largest absolute Gasteiger partial charge is 0.340 e. The molecule has 4 fully saturated rings. The van der Waals surface area contributed by atoms with Gasteiger partial charge in [0.2, 0.25) is 5.91 Å². The van der Waals surface area contributed by atoms with Gasteiger partial charge >= 0.3 is 6.03 Å². The minimum Gasteiger partial charge on any atom is -0.340 e. The van der Waals surface area contributed by atoms with E-state index in [2.05, 4.69) is 22.3 Å². The lowest BCUT2D eigenvalue weighted by molar-refractivity contribution is -0.138. The Labute approximate surface area is 155 Å². The first-order valence-corrected chi connectivity index (χ1v) is 10.1. The van der Waals surface area contributed by atoms with Crippen molar-refractivity contribution in [3.8, 4) is 0 Å². The Morgan fingerprint density at radius 1 is 1.00 bits per heavy atom. The van der Waals surface area contributed by atoms with Gasteiger partial charge in [-0.1, -0.05) is 36.8 Å². The van der Waals surface area contributed by atoms with E-state index in [9.17, 15) is 9.59 Å². The van der Waals surface area contributed by atoms with E-state index in [4.69, 9.17) is 0 Å². The van der Waals surface area contributed by atoms with Gasteiger partial charge in [-0.05, 0) is 43.6 Å². The van der Waals surface area contributed by atoms with Gasteiger partial charge in [-0.2, -0.15) is 0 Å². The average molecular weight is 355 g/mol. The lowest BCUT2D eigenvalue weighted by atomic mass is 9.84. The third-order valence-electron chi connectivity index (χ3n) is 6.27. The van der Waals surface area contributed by atoms with E-state index in [0.717, 1.165) is 51.7 Å². The lowest BCUT2D eigenvalue weighted by Crippen LogP contribution is -2.52. The molecule has 1 aromatic carbocycles. The number of hydrogen-bond acceptors (Lipinski definition) is 2. The molecule has 2 unspecified atom stereocenters. The number of carbonyl (C=O) groups excluding carboxylic acids is 2. The molecule has 5 rings (SSSR count). The van der Waals surface area contributed by atoms with Crippen molar-refractivity contribution >= 4 is 11.9 Å². The normalized spacial score (nSPS) is 25.5. The lowest BCUT2D eigenvalue weighted by Gasteiger charge is -2.36. The summed E-state index contributed by atoms with van der Waals surface area (Å²) in [6.07, 6.45) is 6.29. The number of nitrogens with zero attached hydrogens (tertiary/aromatic N) is 2. The van der Waals surface area contributed by atoms with Crippen LogP contribution in [0, 0.1) is 11.8 Å². The summed E-state index contributed by atoms with van der Waals surface area (Å²) in [5.74, 6) is 1.01. The zero-order valence-electron chi connectivity index (χ0n) is 15.4. The summed E-state index contributed by atoms with van der Waals surface area (Å²) in [6.45, 7) is 3.00. The van der Waals surface area contributed by atoms with E-state index in [1.54, 1.807) is 0 Å². The van der Waals surface area contributed by atoms with Gasteiger partial charge in [-0.25, -0.2) is 4.79 Å². The quantitative estimate of drug-likeness (QED) is 0.903. The summed E-state index contributed by atoms with van der Waals surface area (Å²) in [4.78, 5) is 29.4. The van der Waals surface area contributed by atoms with Gasteiger partial charge in [-0.15, -0.1) is 0 Å². The number of hydrogen-bond donors (Lipinski definition) is 1. The number of rotatable bonds is 4. The van der Waals surface area contributed by atoms with Crippen molar-refractivity contribution in [3.05, 3.63) is 35.9 Å². The van der Waals surface area contributed by atoms with Crippen molar-refractivity contribution in [1.29, 1.82) is 0 Å².